The summed E-state index contributed by atoms with van der Waals surface area (Å²) in [5.41, 5.74) is 0. The molecule has 1 rings (SSSR count). The average Bonchev–Trinajstić information content (AvgIpc) is 2.33. The van der Waals surface area contributed by atoms with Crippen molar-refractivity contribution in [2.75, 3.05) is 6.54 Å². The summed E-state index contributed by atoms with van der Waals surface area (Å²) in [7, 11) is 0. The van der Waals surface area contributed by atoms with Gasteiger partial charge in [0, 0.05) is 6.54 Å². The van der Waals surface area contributed by atoms with E-state index in [2.05, 4.69) is 10.6 Å². The first-order chi connectivity index (χ1) is 6.74. The van der Waals surface area contributed by atoms with Gasteiger partial charge in [-0.05, 0) is 32.3 Å². The van der Waals surface area contributed by atoms with Crippen LogP contribution in [-0.4, -0.2) is 24.4 Å². The van der Waals surface area contributed by atoms with Crippen LogP contribution in [0.3, 0.4) is 0 Å². The predicted octanol–water partition coefficient (Wildman–Crippen LogP) is 0.347. The van der Waals surface area contributed by atoms with Crippen molar-refractivity contribution in [3.63, 3.8) is 0 Å². The molecule has 0 radical (unpaired) electrons. The van der Waals surface area contributed by atoms with E-state index < -0.39 is 0 Å². The first-order valence-corrected chi connectivity index (χ1v) is 4.95. The van der Waals surface area contributed by atoms with Crippen LogP contribution < -0.4 is 10.6 Å². The van der Waals surface area contributed by atoms with E-state index in [0.29, 0.717) is 0 Å². The summed E-state index contributed by atoms with van der Waals surface area (Å²) in [6.07, 6.45) is 5.78. The number of hydrogen-bond donors (Lipinski definition) is 2. The molecular formula is C10H16N2O2. The molecule has 4 nitrogen and oxygen atoms in total. The van der Waals surface area contributed by atoms with E-state index in [-0.39, 0.29) is 17.9 Å². The van der Waals surface area contributed by atoms with Crippen LogP contribution in [-0.2, 0) is 9.59 Å². The Balaban J connectivity index is 2.48. The number of allylic oxidation sites excluding steroid dienone is 1. The first kappa shape index (κ1) is 10.8. The van der Waals surface area contributed by atoms with E-state index in [9.17, 15) is 9.59 Å². The Morgan fingerprint density at radius 3 is 3.07 bits per heavy atom. The Bertz CT molecular complexity index is 249. The third kappa shape index (κ3) is 3.20. The highest BCUT2D eigenvalue weighted by Crippen LogP contribution is 2.04. The molecular weight excluding hydrogens is 180 g/mol. The highest BCUT2D eigenvalue weighted by Gasteiger charge is 2.21. The molecule has 0 bridgehead atoms. The van der Waals surface area contributed by atoms with Gasteiger partial charge in [-0.3, -0.25) is 9.59 Å². The van der Waals surface area contributed by atoms with Crippen molar-refractivity contribution in [1.29, 1.82) is 0 Å². The van der Waals surface area contributed by atoms with Gasteiger partial charge in [-0.25, -0.2) is 0 Å². The summed E-state index contributed by atoms with van der Waals surface area (Å²) < 4.78 is 0. The molecule has 0 aliphatic carbocycles. The number of carbonyl (C=O) groups excluding carboxylic acids is 2. The number of carbonyl (C=O) groups is 2. The van der Waals surface area contributed by atoms with Gasteiger partial charge in [0.1, 0.15) is 6.04 Å². The van der Waals surface area contributed by atoms with Crippen molar-refractivity contribution in [3.05, 3.63) is 12.2 Å². The lowest BCUT2D eigenvalue weighted by molar-refractivity contribution is -0.126. The monoisotopic (exact) mass is 196 g/mol. The lowest BCUT2D eigenvalue weighted by Gasteiger charge is -2.13. The van der Waals surface area contributed by atoms with E-state index in [1.54, 1.807) is 13.0 Å². The molecule has 1 atom stereocenters. The Morgan fingerprint density at radius 2 is 2.36 bits per heavy atom. The molecule has 1 aliphatic rings. The molecule has 1 aliphatic heterocycles. The van der Waals surface area contributed by atoms with Crippen molar-refractivity contribution in [3.8, 4) is 0 Å². The summed E-state index contributed by atoms with van der Waals surface area (Å²) in [5.74, 6) is -0.269. The Morgan fingerprint density at radius 1 is 1.57 bits per heavy atom. The maximum Gasteiger partial charge on any atom is 0.244 e. The second-order valence-electron chi connectivity index (χ2n) is 3.35. The second kappa shape index (κ2) is 5.42. The second-order valence-corrected chi connectivity index (χ2v) is 3.35. The van der Waals surface area contributed by atoms with Gasteiger partial charge in [-0.2, -0.15) is 0 Å². The fourth-order valence-corrected chi connectivity index (χ4v) is 1.45. The van der Waals surface area contributed by atoms with Gasteiger partial charge >= 0.3 is 0 Å². The highest BCUT2D eigenvalue weighted by atomic mass is 16.2. The maximum absolute atomic E-state index is 11.4. The minimum Gasteiger partial charge on any atom is -0.354 e. The lowest BCUT2D eigenvalue weighted by atomic mass is 10.1. The maximum atomic E-state index is 11.4. The Kier molecular flexibility index (Phi) is 4.16. The van der Waals surface area contributed by atoms with Gasteiger partial charge in [-0.1, -0.05) is 6.08 Å². The zero-order chi connectivity index (χ0) is 10.4. The van der Waals surface area contributed by atoms with E-state index in [1.165, 1.54) is 6.08 Å². The van der Waals surface area contributed by atoms with Crippen LogP contribution in [0.2, 0.25) is 0 Å². The van der Waals surface area contributed by atoms with Crippen molar-refractivity contribution >= 4 is 11.8 Å². The molecule has 0 aromatic heterocycles. The molecule has 4 heteroatoms. The molecule has 0 aromatic carbocycles. The number of nitrogens with one attached hydrogen (secondary N) is 2. The van der Waals surface area contributed by atoms with Crippen LogP contribution in [0.5, 0.6) is 0 Å². The summed E-state index contributed by atoms with van der Waals surface area (Å²) in [6.45, 7) is 2.49. The third-order valence-electron chi connectivity index (χ3n) is 2.17. The smallest absolute Gasteiger partial charge is 0.244 e. The molecule has 0 aromatic rings. The molecule has 1 saturated heterocycles. The minimum absolute atomic E-state index is 0.0691. The predicted molar refractivity (Wildman–Crippen MR) is 53.6 cm³/mol. The molecule has 2 N–H and O–H groups in total. The SMILES string of the molecule is C/C=C/C(=O)NC1CCCCNC1=O. The zero-order valence-electron chi connectivity index (χ0n) is 8.38. The topological polar surface area (TPSA) is 58.2 Å². The van der Waals surface area contributed by atoms with Crippen LogP contribution in [0, 0.1) is 0 Å². The number of rotatable bonds is 2. The van der Waals surface area contributed by atoms with Crippen LogP contribution >= 0.6 is 0 Å². The fraction of sp³-hybridized carbons (Fsp3) is 0.600. The van der Waals surface area contributed by atoms with Crippen molar-refractivity contribution in [2.45, 2.75) is 32.2 Å². The standard InChI is InChI=1S/C10H16N2O2/c1-2-5-9(13)12-8-6-3-4-7-11-10(8)14/h2,5,8H,3-4,6-7H2,1H3,(H,11,14)(H,12,13)/b5-2+. The molecule has 0 saturated carbocycles. The summed E-state index contributed by atoms with van der Waals surface area (Å²) in [6, 6.07) is -0.360. The van der Waals surface area contributed by atoms with Crippen molar-refractivity contribution in [1.82, 2.24) is 10.6 Å². The van der Waals surface area contributed by atoms with Crippen LogP contribution in [0.4, 0.5) is 0 Å². The van der Waals surface area contributed by atoms with Gasteiger partial charge in [0.05, 0.1) is 0 Å². The number of hydrogen-bond acceptors (Lipinski definition) is 2. The molecule has 14 heavy (non-hydrogen) atoms. The Hall–Kier alpha value is -1.32. The molecule has 1 unspecified atom stereocenters. The van der Waals surface area contributed by atoms with Crippen molar-refractivity contribution in [2.24, 2.45) is 0 Å². The largest absolute Gasteiger partial charge is 0.354 e. The van der Waals surface area contributed by atoms with Gasteiger partial charge in [0.25, 0.3) is 0 Å². The molecule has 2 amide bonds. The highest BCUT2D eigenvalue weighted by molar-refractivity contribution is 5.92. The van der Waals surface area contributed by atoms with Crippen LogP contribution in [0.1, 0.15) is 26.2 Å². The third-order valence-corrected chi connectivity index (χ3v) is 2.17. The Labute approximate surface area is 83.8 Å². The zero-order valence-corrected chi connectivity index (χ0v) is 8.38. The summed E-state index contributed by atoms with van der Waals surface area (Å²) in [4.78, 5) is 22.6. The van der Waals surface area contributed by atoms with E-state index in [1.807, 2.05) is 0 Å². The van der Waals surface area contributed by atoms with Crippen molar-refractivity contribution < 1.29 is 9.59 Å². The average molecular weight is 196 g/mol. The molecule has 78 valence electrons. The van der Waals surface area contributed by atoms with Gasteiger partial charge in [0.2, 0.25) is 11.8 Å². The van der Waals surface area contributed by atoms with Gasteiger partial charge < -0.3 is 10.6 Å². The van der Waals surface area contributed by atoms with E-state index in [4.69, 9.17) is 0 Å². The summed E-state index contributed by atoms with van der Waals surface area (Å²) in [5, 5.41) is 5.44. The number of amides is 2. The first-order valence-electron chi connectivity index (χ1n) is 4.95. The molecule has 0 spiro atoms. The van der Waals surface area contributed by atoms with Gasteiger partial charge in [-0.15, -0.1) is 0 Å². The molecule has 1 fully saturated rings. The summed E-state index contributed by atoms with van der Waals surface area (Å²) >= 11 is 0. The van der Waals surface area contributed by atoms with Crippen LogP contribution in [0.25, 0.3) is 0 Å². The van der Waals surface area contributed by atoms with Crippen LogP contribution in [0.15, 0.2) is 12.2 Å². The van der Waals surface area contributed by atoms with Gasteiger partial charge in [0.15, 0.2) is 0 Å². The lowest BCUT2D eigenvalue weighted by Crippen LogP contribution is -2.44. The normalized spacial score (nSPS) is 22.9. The van der Waals surface area contributed by atoms with E-state index >= 15 is 0 Å². The fourth-order valence-electron chi connectivity index (χ4n) is 1.45. The molecule has 1 heterocycles. The van der Waals surface area contributed by atoms with E-state index in [0.717, 1.165) is 25.8 Å². The minimum atomic E-state index is -0.360. The quantitative estimate of drug-likeness (QED) is 0.626.